The highest BCUT2D eigenvalue weighted by Gasteiger charge is 2.14. The zero-order valence-electron chi connectivity index (χ0n) is 11.0. The van der Waals surface area contributed by atoms with Gasteiger partial charge in [-0.2, -0.15) is 0 Å². The number of aromatic hydroxyl groups is 1. The van der Waals surface area contributed by atoms with Gasteiger partial charge in [0.1, 0.15) is 11.6 Å². The van der Waals surface area contributed by atoms with Crippen LogP contribution in [0, 0.1) is 6.92 Å². The Morgan fingerprint density at radius 3 is 2.60 bits per heavy atom. The molecule has 0 amide bonds. The lowest BCUT2D eigenvalue weighted by Crippen LogP contribution is -2.04. The van der Waals surface area contributed by atoms with Crippen molar-refractivity contribution in [3.05, 3.63) is 54.4 Å². The normalized spacial score (nSPS) is 10.7. The third kappa shape index (κ3) is 1.99. The van der Waals surface area contributed by atoms with E-state index in [0.29, 0.717) is 11.6 Å². The molecule has 0 aliphatic rings. The van der Waals surface area contributed by atoms with Gasteiger partial charge in [-0.3, -0.25) is 4.57 Å². The fraction of sp³-hybridized carbons (Fsp3) is 0.0667. The van der Waals surface area contributed by atoms with Crippen molar-refractivity contribution >= 4 is 5.82 Å². The molecule has 0 aliphatic carbocycles. The summed E-state index contributed by atoms with van der Waals surface area (Å²) in [5.74, 6) is 1.35. The van der Waals surface area contributed by atoms with Gasteiger partial charge in [-0.15, -0.1) is 0 Å². The van der Waals surface area contributed by atoms with Gasteiger partial charge < -0.3 is 10.8 Å². The molecule has 100 valence electrons. The SMILES string of the molecule is Cc1ccc(O)cc1-n1c(N)ccc1-c1ncccn1. The molecule has 0 saturated carbocycles. The van der Waals surface area contributed by atoms with Crippen LogP contribution in [0.5, 0.6) is 5.75 Å². The summed E-state index contributed by atoms with van der Waals surface area (Å²) in [4.78, 5) is 8.50. The number of benzene rings is 1. The smallest absolute Gasteiger partial charge is 0.176 e. The number of hydrogen-bond acceptors (Lipinski definition) is 4. The average Bonchev–Trinajstić information content (AvgIpc) is 2.84. The highest BCUT2D eigenvalue weighted by Crippen LogP contribution is 2.29. The third-order valence-electron chi connectivity index (χ3n) is 3.14. The molecule has 0 fully saturated rings. The van der Waals surface area contributed by atoms with Crippen LogP contribution in [-0.4, -0.2) is 19.6 Å². The van der Waals surface area contributed by atoms with Crippen LogP contribution in [0.25, 0.3) is 17.2 Å². The Kier molecular flexibility index (Phi) is 2.87. The number of nitrogens with two attached hydrogens (primary N) is 1. The molecule has 5 nitrogen and oxygen atoms in total. The molecule has 0 unspecified atom stereocenters. The molecule has 2 aromatic heterocycles. The lowest BCUT2D eigenvalue weighted by molar-refractivity contribution is 0.475. The molecule has 5 heteroatoms. The van der Waals surface area contributed by atoms with E-state index in [9.17, 15) is 5.11 Å². The minimum atomic E-state index is 0.193. The van der Waals surface area contributed by atoms with E-state index >= 15 is 0 Å². The Hall–Kier alpha value is -2.82. The summed E-state index contributed by atoms with van der Waals surface area (Å²) >= 11 is 0. The van der Waals surface area contributed by atoms with E-state index in [1.807, 2.05) is 23.6 Å². The predicted molar refractivity (Wildman–Crippen MR) is 77.6 cm³/mol. The van der Waals surface area contributed by atoms with Crippen LogP contribution in [0.1, 0.15) is 5.56 Å². The first-order chi connectivity index (χ1) is 9.66. The van der Waals surface area contributed by atoms with Crippen LogP contribution < -0.4 is 5.73 Å². The van der Waals surface area contributed by atoms with Crippen LogP contribution in [0.4, 0.5) is 5.82 Å². The standard InChI is InChI=1S/C15H14N4O/c1-10-3-4-11(20)9-13(10)19-12(5-6-14(19)16)15-17-7-2-8-18-15/h2-9,20H,16H2,1H3. The quantitative estimate of drug-likeness (QED) is 0.747. The monoisotopic (exact) mass is 266 g/mol. The largest absolute Gasteiger partial charge is 0.508 e. The first-order valence-electron chi connectivity index (χ1n) is 6.21. The first kappa shape index (κ1) is 12.2. The lowest BCUT2D eigenvalue weighted by atomic mass is 10.2. The van der Waals surface area contributed by atoms with E-state index in [1.54, 1.807) is 36.7 Å². The van der Waals surface area contributed by atoms with E-state index in [1.165, 1.54) is 0 Å². The summed E-state index contributed by atoms with van der Waals surface area (Å²) < 4.78 is 1.84. The van der Waals surface area contributed by atoms with E-state index in [4.69, 9.17) is 5.73 Å². The molecule has 0 bridgehead atoms. The van der Waals surface area contributed by atoms with E-state index < -0.39 is 0 Å². The van der Waals surface area contributed by atoms with Crippen LogP contribution in [-0.2, 0) is 0 Å². The Morgan fingerprint density at radius 2 is 1.85 bits per heavy atom. The van der Waals surface area contributed by atoms with E-state index in [-0.39, 0.29) is 5.75 Å². The summed E-state index contributed by atoms with van der Waals surface area (Å²) in [6.45, 7) is 1.96. The highest BCUT2D eigenvalue weighted by atomic mass is 16.3. The summed E-state index contributed by atoms with van der Waals surface area (Å²) in [6, 6.07) is 10.6. The molecule has 0 atom stereocenters. The van der Waals surface area contributed by atoms with Crippen molar-refractivity contribution in [1.82, 2.24) is 14.5 Å². The number of nitrogens with zero attached hydrogens (tertiary/aromatic N) is 3. The van der Waals surface area contributed by atoms with Crippen molar-refractivity contribution in [2.45, 2.75) is 6.92 Å². The molecule has 3 aromatic rings. The summed E-state index contributed by atoms with van der Waals surface area (Å²) in [7, 11) is 0. The Labute approximate surface area is 116 Å². The maximum Gasteiger partial charge on any atom is 0.176 e. The van der Waals surface area contributed by atoms with Crippen LogP contribution in [0.15, 0.2) is 48.8 Å². The number of hydrogen-bond donors (Lipinski definition) is 2. The van der Waals surface area contributed by atoms with Crippen LogP contribution in [0.3, 0.4) is 0 Å². The predicted octanol–water partition coefficient (Wildman–Crippen LogP) is 2.53. The average molecular weight is 266 g/mol. The van der Waals surface area contributed by atoms with Crippen molar-refractivity contribution in [2.75, 3.05) is 5.73 Å². The molecule has 0 aliphatic heterocycles. The number of phenolic OH excluding ortho intramolecular Hbond substituents is 1. The molecule has 1 aromatic carbocycles. The van der Waals surface area contributed by atoms with Gasteiger partial charge in [-0.25, -0.2) is 9.97 Å². The molecule has 20 heavy (non-hydrogen) atoms. The summed E-state index contributed by atoms with van der Waals surface area (Å²) in [5, 5.41) is 9.70. The van der Waals surface area contributed by atoms with Gasteiger partial charge in [0.2, 0.25) is 0 Å². The number of nitrogen functional groups attached to an aromatic ring is 1. The minimum Gasteiger partial charge on any atom is -0.508 e. The Bertz CT molecular complexity index is 750. The number of aromatic nitrogens is 3. The van der Waals surface area contributed by atoms with Gasteiger partial charge in [-0.1, -0.05) is 6.07 Å². The van der Waals surface area contributed by atoms with Crippen LogP contribution >= 0.6 is 0 Å². The zero-order valence-corrected chi connectivity index (χ0v) is 11.0. The second kappa shape index (κ2) is 4.70. The van der Waals surface area contributed by atoms with Gasteiger partial charge in [0.15, 0.2) is 5.82 Å². The lowest BCUT2D eigenvalue weighted by Gasteiger charge is -2.13. The fourth-order valence-electron chi connectivity index (χ4n) is 2.17. The second-order valence-corrected chi connectivity index (χ2v) is 4.52. The number of aryl methyl sites for hydroxylation is 1. The number of anilines is 1. The third-order valence-corrected chi connectivity index (χ3v) is 3.14. The maximum absolute atomic E-state index is 9.70. The van der Waals surface area contributed by atoms with Gasteiger partial charge in [-0.05, 0) is 36.8 Å². The van der Waals surface area contributed by atoms with Gasteiger partial charge in [0.25, 0.3) is 0 Å². The van der Waals surface area contributed by atoms with Crippen molar-refractivity contribution < 1.29 is 5.11 Å². The van der Waals surface area contributed by atoms with E-state index in [0.717, 1.165) is 16.9 Å². The molecular formula is C15H14N4O. The number of phenols is 1. The van der Waals surface area contributed by atoms with Crippen molar-refractivity contribution in [3.63, 3.8) is 0 Å². The second-order valence-electron chi connectivity index (χ2n) is 4.52. The van der Waals surface area contributed by atoms with E-state index in [2.05, 4.69) is 9.97 Å². The van der Waals surface area contributed by atoms with Crippen molar-refractivity contribution in [2.24, 2.45) is 0 Å². The first-order valence-corrected chi connectivity index (χ1v) is 6.21. The summed E-state index contributed by atoms with van der Waals surface area (Å²) in [6.07, 6.45) is 3.37. The summed E-state index contributed by atoms with van der Waals surface area (Å²) in [5.41, 5.74) is 8.66. The van der Waals surface area contributed by atoms with Gasteiger partial charge in [0, 0.05) is 18.5 Å². The van der Waals surface area contributed by atoms with Gasteiger partial charge >= 0.3 is 0 Å². The molecule has 0 saturated heterocycles. The molecule has 2 heterocycles. The molecule has 0 spiro atoms. The maximum atomic E-state index is 9.70. The molecular weight excluding hydrogens is 252 g/mol. The fourth-order valence-corrected chi connectivity index (χ4v) is 2.17. The molecule has 3 N–H and O–H groups in total. The van der Waals surface area contributed by atoms with Crippen molar-refractivity contribution in [1.29, 1.82) is 0 Å². The topological polar surface area (TPSA) is 77.0 Å². The molecule has 0 radical (unpaired) electrons. The van der Waals surface area contributed by atoms with Crippen molar-refractivity contribution in [3.8, 4) is 23.0 Å². The highest BCUT2D eigenvalue weighted by molar-refractivity contribution is 5.64. The number of rotatable bonds is 2. The Balaban J connectivity index is 2.24. The van der Waals surface area contributed by atoms with Crippen LogP contribution in [0.2, 0.25) is 0 Å². The minimum absolute atomic E-state index is 0.193. The van der Waals surface area contributed by atoms with Gasteiger partial charge in [0.05, 0.1) is 11.4 Å². The molecule has 3 rings (SSSR count). The zero-order chi connectivity index (χ0) is 14.1. The Morgan fingerprint density at radius 1 is 1.10 bits per heavy atom.